The molecule has 1 nitrogen and oxygen atoms in total. The number of rotatable bonds is 1. The van der Waals surface area contributed by atoms with Gasteiger partial charge in [0.05, 0.1) is 0 Å². The molecule has 2 aliphatic heterocycles. The van der Waals surface area contributed by atoms with Crippen molar-refractivity contribution in [3.8, 4) is 0 Å². The fourth-order valence-corrected chi connectivity index (χ4v) is 3.17. The summed E-state index contributed by atoms with van der Waals surface area (Å²) in [5, 5.41) is 0. The average molecular weight is 157 g/mol. The molecule has 2 saturated heterocycles. The normalized spacial score (nSPS) is 35.4. The highest BCUT2D eigenvalue weighted by atomic mass is 32.2. The minimum absolute atomic E-state index is 0.951. The summed E-state index contributed by atoms with van der Waals surface area (Å²) < 4.78 is 0. The first kappa shape index (κ1) is 6.99. The van der Waals surface area contributed by atoms with Crippen LogP contribution in [0, 0.1) is 0 Å². The summed E-state index contributed by atoms with van der Waals surface area (Å²) >= 11 is 2.13. The van der Waals surface area contributed by atoms with Crippen molar-refractivity contribution < 1.29 is 0 Å². The third-order valence-electron chi connectivity index (χ3n) is 2.56. The Morgan fingerprint density at radius 2 is 2.00 bits per heavy atom. The molecule has 0 amide bonds. The summed E-state index contributed by atoms with van der Waals surface area (Å²) in [5.41, 5.74) is 0. The van der Waals surface area contributed by atoms with Crippen molar-refractivity contribution in [2.24, 2.45) is 0 Å². The lowest BCUT2D eigenvalue weighted by Gasteiger charge is -2.21. The summed E-state index contributed by atoms with van der Waals surface area (Å²) in [6.07, 6.45) is 4.34. The molecular formula is C8H15NS. The van der Waals surface area contributed by atoms with E-state index in [1.54, 1.807) is 0 Å². The smallest absolute Gasteiger partial charge is 0.0194 e. The zero-order chi connectivity index (χ0) is 6.81. The average Bonchev–Trinajstić information content (AvgIpc) is 2.59. The van der Waals surface area contributed by atoms with Crippen LogP contribution in [0.1, 0.15) is 19.3 Å². The molecule has 2 heterocycles. The van der Waals surface area contributed by atoms with Gasteiger partial charge in [-0.15, -0.1) is 0 Å². The minimum atomic E-state index is 0.951. The molecule has 0 saturated carbocycles. The fourth-order valence-electron chi connectivity index (χ4n) is 1.92. The monoisotopic (exact) mass is 157 g/mol. The van der Waals surface area contributed by atoms with E-state index in [-0.39, 0.29) is 0 Å². The van der Waals surface area contributed by atoms with Gasteiger partial charge in [-0.3, -0.25) is 4.90 Å². The van der Waals surface area contributed by atoms with Gasteiger partial charge in [-0.25, -0.2) is 0 Å². The molecule has 0 radical (unpaired) electrons. The van der Waals surface area contributed by atoms with Gasteiger partial charge in [0, 0.05) is 11.8 Å². The topological polar surface area (TPSA) is 3.24 Å². The predicted octanol–water partition coefficient (Wildman–Crippen LogP) is 1.59. The van der Waals surface area contributed by atoms with Crippen LogP contribution < -0.4 is 0 Å². The van der Waals surface area contributed by atoms with Crippen molar-refractivity contribution in [1.82, 2.24) is 4.90 Å². The van der Waals surface area contributed by atoms with Gasteiger partial charge in [0.2, 0.25) is 0 Å². The molecule has 0 aromatic heterocycles. The van der Waals surface area contributed by atoms with E-state index in [9.17, 15) is 0 Å². The van der Waals surface area contributed by atoms with E-state index in [2.05, 4.69) is 16.7 Å². The lowest BCUT2D eigenvalue weighted by Crippen LogP contribution is -2.32. The maximum absolute atomic E-state index is 2.68. The molecule has 0 N–H and O–H groups in total. The highest BCUT2D eigenvalue weighted by Gasteiger charge is 2.24. The number of likely N-dealkylation sites (tertiary alicyclic amines) is 1. The molecular weight excluding hydrogens is 142 g/mol. The van der Waals surface area contributed by atoms with Gasteiger partial charge < -0.3 is 0 Å². The summed E-state index contributed by atoms with van der Waals surface area (Å²) in [6, 6.07) is 0.951. The van der Waals surface area contributed by atoms with E-state index in [0.29, 0.717) is 0 Å². The van der Waals surface area contributed by atoms with Crippen molar-refractivity contribution >= 4 is 11.8 Å². The van der Waals surface area contributed by atoms with E-state index in [0.717, 1.165) is 6.04 Å². The first-order chi connectivity index (χ1) is 4.97. The lowest BCUT2D eigenvalue weighted by atomic mass is 10.2. The third-order valence-corrected chi connectivity index (χ3v) is 3.71. The van der Waals surface area contributed by atoms with Crippen molar-refractivity contribution in [3.05, 3.63) is 0 Å². The second-order valence-corrected chi connectivity index (χ2v) is 4.41. The predicted molar refractivity (Wildman–Crippen MR) is 46.5 cm³/mol. The van der Waals surface area contributed by atoms with Gasteiger partial charge in [0.25, 0.3) is 0 Å². The first-order valence-corrected chi connectivity index (χ1v) is 5.44. The van der Waals surface area contributed by atoms with Crippen LogP contribution in [0.2, 0.25) is 0 Å². The molecule has 10 heavy (non-hydrogen) atoms. The number of thioether (sulfide) groups is 1. The second kappa shape index (κ2) is 3.14. The molecule has 1 atom stereocenters. The molecule has 2 heteroatoms. The Morgan fingerprint density at radius 1 is 1.20 bits per heavy atom. The summed E-state index contributed by atoms with van der Waals surface area (Å²) in [4.78, 5) is 2.68. The summed E-state index contributed by atoms with van der Waals surface area (Å²) in [7, 11) is 0. The number of nitrogens with zero attached hydrogens (tertiary/aromatic N) is 1. The Labute approximate surface area is 67.2 Å². The van der Waals surface area contributed by atoms with E-state index < -0.39 is 0 Å². The molecule has 2 rings (SSSR count). The third kappa shape index (κ3) is 1.32. The van der Waals surface area contributed by atoms with Gasteiger partial charge in [-0.2, -0.15) is 11.8 Å². The molecule has 58 valence electrons. The highest BCUT2D eigenvalue weighted by molar-refractivity contribution is 7.99. The maximum atomic E-state index is 2.68. The van der Waals surface area contributed by atoms with Crippen LogP contribution >= 0.6 is 11.8 Å². The van der Waals surface area contributed by atoms with Crippen LogP contribution in [0.4, 0.5) is 0 Å². The van der Waals surface area contributed by atoms with Crippen LogP contribution in [0.3, 0.4) is 0 Å². The lowest BCUT2D eigenvalue weighted by molar-refractivity contribution is 0.264. The standard InChI is InChI=1S/C8H15NS/c1-2-5-9(4-1)8-3-6-10-7-8/h8H,1-7H2. The molecule has 0 spiro atoms. The van der Waals surface area contributed by atoms with Crippen molar-refractivity contribution in [2.45, 2.75) is 25.3 Å². The maximum Gasteiger partial charge on any atom is 0.0194 e. The van der Waals surface area contributed by atoms with E-state index in [1.807, 2.05) is 0 Å². The number of hydrogen-bond acceptors (Lipinski definition) is 2. The minimum Gasteiger partial charge on any atom is -0.300 e. The Bertz CT molecular complexity index is 89.8. The van der Waals surface area contributed by atoms with Crippen molar-refractivity contribution in [3.63, 3.8) is 0 Å². The number of hydrogen-bond donors (Lipinski definition) is 0. The largest absolute Gasteiger partial charge is 0.300 e. The van der Waals surface area contributed by atoms with Crippen LogP contribution in [0.25, 0.3) is 0 Å². The quantitative estimate of drug-likeness (QED) is 0.568. The second-order valence-electron chi connectivity index (χ2n) is 3.26. The van der Waals surface area contributed by atoms with Gasteiger partial charge >= 0.3 is 0 Å². The molecule has 0 aliphatic carbocycles. The Morgan fingerprint density at radius 3 is 2.60 bits per heavy atom. The van der Waals surface area contributed by atoms with Gasteiger partial charge in [0.15, 0.2) is 0 Å². The van der Waals surface area contributed by atoms with Gasteiger partial charge in [-0.1, -0.05) is 0 Å². The fraction of sp³-hybridized carbons (Fsp3) is 1.00. The molecule has 0 aromatic rings. The van der Waals surface area contributed by atoms with Crippen LogP contribution in [-0.2, 0) is 0 Å². The summed E-state index contributed by atoms with van der Waals surface area (Å²) in [6.45, 7) is 2.76. The zero-order valence-corrected chi connectivity index (χ0v) is 7.20. The molecule has 0 bridgehead atoms. The van der Waals surface area contributed by atoms with Crippen LogP contribution in [0.5, 0.6) is 0 Å². The Hall–Kier alpha value is 0.310. The molecule has 2 aliphatic rings. The SMILES string of the molecule is C1CCN(C2CCSC2)C1. The van der Waals surface area contributed by atoms with Crippen LogP contribution in [-0.4, -0.2) is 35.5 Å². The van der Waals surface area contributed by atoms with Crippen LogP contribution in [0.15, 0.2) is 0 Å². The van der Waals surface area contributed by atoms with Gasteiger partial charge in [-0.05, 0) is 38.1 Å². The van der Waals surface area contributed by atoms with Gasteiger partial charge in [0.1, 0.15) is 0 Å². The molecule has 1 unspecified atom stereocenters. The Balaban J connectivity index is 1.85. The van der Waals surface area contributed by atoms with E-state index >= 15 is 0 Å². The molecule has 0 aromatic carbocycles. The first-order valence-electron chi connectivity index (χ1n) is 4.28. The van der Waals surface area contributed by atoms with Crippen molar-refractivity contribution in [2.75, 3.05) is 24.6 Å². The molecule has 2 fully saturated rings. The summed E-state index contributed by atoms with van der Waals surface area (Å²) in [5.74, 6) is 2.81. The van der Waals surface area contributed by atoms with E-state index in [4.69, 9.17) is 0 Å². The Kier molecular flexibility index (Phi) is 2.19. The van der Waals surface area contributed by atoms with E-state index in [1.165, 1.54) is 43.9 Å². The van der Waals surface area contributed by atoms with Crippen molar-refractivity contribution in [1.29, 1.82) is 0 Å². The zero-order valence-electron chi connectivity index (χ0n) is 6.38. The highest BCUT2D eigenvalue weighted by Crippen LogP contribution is 2.24.